The van der Waals surface area contributed by atoms with Crippen LogP contribution in [0.1, 0.15) is 0 Å². The Morgan fingerprint density at radius 1 is 1.06 bits per heavy atom. The van der Waals surface area contributed by atoms with Crippen LogP contribution in [-0.2, 0) is 0 Å². The van der Waals surface area contributed by atoms with Crippen LogP contribution in [0.3, 0.4) is 0 Å². The second kappa shape index (κ2) is 3.44. The number of halogens is 3. The van der Waals surface area contributed by atoms with Crippen LogP contribution in [0.25, 0.3) is 0 Å². The number of nitrogens with zero attached hydrogens (tertiary/aromatic N) is 1. The molecule has 0 saturated heterocycles. The van der Waals surface area contributed by atoms with Crippen LogP contribution in [0.4, 0.5) is 13.3 Å². The molecule has 6 heteroatoms. The van der Waals surface area contributed by atoms with Gasteiger partial charge in [-0.05, 0) is 12.1 Å². The predicted molar refractivity (Wildman–Crippen MR) is 51.8 cm³/mol. The Morgan fingerprint density at radius 2 is 1.71 bits per heavy atom. The van der Waals surface area contributed by atoms with Gasteiger partial charge in [0.15, 0.2) is 17.3 Å². The second-order valence-electron chi connectivity index (χ2n) is 3.52. The molecule has 0 unspecified atom stereocenters. The Bertz CT molecular complexity index is 553. The van der Waals surface area contributed by atoms with Gasteiger partial charge in [0.2, 0.25) is 11.6 Å². The van der Waals surface area contributed by atoms with E-state index in [4.69, 9.17) is 9.47 Å². The van der Waals surface area contributed by atoms with Crippen LogP contribution in [0, 0.1) is 0 Å². The highest BCUT2D eigenvalue weighted by molar-refractivity contribution is 5.47. The van der Waals surface area contributed by atoms with Crippen LogP contribution in [0.2, 0.25) is 0 Å². The van der Waals surface area contributed by atoms with Gasteiger partial charge in [-0.3, -0.25) is 0 Å². The van der Waals surface area contributed by atoms with E-state index in [0.29, 0.717) is 0 Å². The first kappa shape index (κ1) is 10.1. The van der Waals surface area contributed by atoms with E-state index < -0.39 is 29.8 Å². The highest BCUT2D eigenvalue weighted by atomic mass is 19.2. The van der Waals surface area contributed by atoms with E-state index in [9.17, 15) is 13.3 Å². The molecule has 0 radical (unpaired) electrons. The van der Waals surface area contributed by atoms with Gasteiger partial charge in [-0.15, -0.1) is 0 Å². The molecule has 0 aliphatic carbocycles. The topological polar surface area (TPSA) is 21.7 Å². The lowest BCUT2D eigenvalue weighted by Gasteiger charge is -2.28. The number of rotatable bonds is 0. The van der Waals surface area contributed by atoms with Crippen LogP contribution in [0.5, 0.6) is 11.5 Å². The number of para-hydroxylation sites is 2. The van der Waals surface area contributed by atoms with E-state index in [-0.39, 0.29) is 16.6 Å². The van der Waals surface area contributed by atoms with Crippen molar-refractivity contribution in [3.63, 3.8) is 0 Å². The molecule has 0 saturated carbocycles. The third kappa shape index (κ3) is 1.44. The van der Waals surface area contributed by atoms with E-state index >= 15 is 0 Å². The summed E-state index contributed by atoms with van der Waals surface area (Å²) in [7, 11) is 0. The summed E-state index contributed by atoms with van der Waals surface area (Å²) >= 11 is 0. The minimum atomic E-state index is -1.23. The Hall–Kier alpha value is -2.11. The van der Waals surface area contributed by atoms with Crippen molar-refractivity contribution in [2.45, 2.75) is 0 Å². The van der Waals surface area contributed by atoms with Crippen molar-refractivity contribution < 1.29 is 22.7 Å². The van der Waals surface area contributed by atoms with E-state index in [1.807, 2.05) is 0 Å². The third-order valence-electron chi connectivity index (χ3n) is 2.40. The van der Waals surface area contributed by atoms with E-state index in [1.165, 1.54) is 6.07 Å². The van der Waals surface area contributed by atoms with Gasteiger partial charge in [0.25, 0.3) is 5.88 Å². The van der Waals surface area contributed by atoms with Gasteiger partial charge in [-0.1, -0.05) is 16.6 Å². The second-order valence-corrected chi connectivity index (χ2v) is 3.52. The zero-order valence-corrected chi connectivity index (χ0v) is 8.41. The van der Waals surface area contributed by atoms with Crippen LogP contribution >= 0.6 is 0 Å². The molecule has 88 valence electrons. The fourth-order valence-electron chi connectivity index (χ4n) is 1.61. The lowest BCUT2D eigenvalue weighted by molar-refractivity contribution is 0.00302. The monoisotopic (exact) mass is 241 g/mol. The van der Waals surface area contributed by atoms with Crippen molar-refractivity contribution >= 4 is 0 Å². The summed E-state index contributed by atoms with van der Waals surface area (Å²) in [5.74, 6) is -3.04. The van der Waals surface area contributed by atoms with E-state index in [0.717, 1.165) is 0 Å². The van der Waals surface area contributed by atoms with Crippen LogP contribution < -0.4 is 9.47 Å². The van der Waals surface area contributed by atoms with Crippen molar-refractivity contribution in [1.82, 2.24) is 5.12 Å². The highest BCUT2D eigenvalue weighted by Gasteiger charge is 2.35. The van der Waals surface area contributed by atoms with Gasteiger partial charge < -0.3 is 9.47 Å². The quantitative estimate of drug-likeness (QED) is 0.652. The Labute approximate surface area is 94.3 Å². The number of ether oxygens (including phenoxy) is 2. The minimum Gasteiger partial charge on any atom is -0.444 e. The molecule has 0 amide bonds. The first-order valence-electron chi connectivity index (χ1n) is 4.83. The SMILES string of the molecule is FC1=C(F)C2=C(Oc3ccccc3O2)N(F)C1. The molecule has 2 heterocycles. The zero-order chi connectivity index (χ0) is 12.0. The summed E-state index contributed by atoms with van der Waals surface area (Å²) in [4.78, 5) is 0. The maximum atomic E-state index is 13.4. The van der Waals surface area contributed by atoms with Crippen molar-refractivity contribution in [1.29, 1.82) is 0 Å². The normalized spacial score (nSPS) is 18.4. The summed E-state index contributed by atoms with van der Waals surface area (Å²) < 4.78 is 50.0. The Kier molecular flexibility index (Phi) is 2.04. The Balaban J connectivity index is 2.09. The molecular formula is C11H6F3NO2. The molecule has 0 fully saturated rings. The summed E-state index contributed by atoms with van der Waals surface area (Å²) in [6.07, 6.45) is 0. The lowest BCUT2D eigenvalue weighted by atomic mass is 10.2. The number of fused-ring (bicyclic) bond motifs is 1. The molecule has 3 nitrogen and oxygen atoms in total. The van der Waals surface area contributed by atoms with Crippen molar-refractivity contribution in [3.8, 4) is 11.5 Å². The molecule has 0 spiro atoms. The van der Waals surface area contributed by atoms with Gasteiger partial charge in [-0.2, -0.15) is 9.51 Å². The van der Waals surface area contributed by atoms with Gasteiger partial charge in [-0.25, -0.2) is 4.39 Å². The first-order valence-corrected chi connectivity index (χ1v) is 4.83. The van der Waals surface area contributed by atoms with E-state index in [2.05, 4.69) is 0 Å². The van der Waals surface area contributed by atoms with Gasteiger partial charge in [0, 0.05) is 0 Å². The number of benzene rings is 1. The van der Waals surface area contributed by atoms with Crippen molar-refractivity contribution in [3.05, 3.63) is 47.6 Å². The first-order chi connectivity index (χ1) is 8.16. The molecule has 0 N–H and O–H groups in total. The fourth-order valence-corrected chi connectivity index (χ4v) is 1.61. The summed E-state index contributed by atoms with van der Waals surface area (Å²) in [5.41, 5.74) is 0. The van der Waals surface area contributed by atoms with E-state index in [1.54, 1.807) is 18.2 Å². The molecule has 3 rings (SSSR count). The summed E-state index contributed by atoms with van der Waals surface area (Å²) in [6, 6.07) is 6.36. The predicted octanol–water partition coefficient (Wildman–Crippen LogP) is 2.98. The largest absolute Gasteiger partial charge is 0.444 e. The maximum Gasteiger partial charge on any atom is 0.271 e. The molecular weight excluding hydrogens is 235 g/mol. The summed E-state index contributed by atoms with van der Waals surface area (Å²) in [5, 5.41) is -0.0380. The smallest absolute Gasteiger partial charge is 0.271 e. The third-order valence-corrected chi connectivity index (χ3v) is 2.40. The summed E-state index contributed by atoms with van der Waals surface area (Å²) in [6.45, 7) is -0.823. The fraction of sp³-hybridized carbons (Fsp3) is 0.0909. The Morgan fingerprint density at radius 3 is 2.41 bits per heavy atom. The number of hydrogen-bond acceptors (Lipinski definition) is 3. The molecule has 1 aromatic carbocycles. The highest BCUT2D eigenvalue weighted by Crippen LogP contribution is 2.41. The molecule has 0 bridgehead atoms. The van der Waals surface area contributed by atoms with Gasteiger partial charge >= 0.3 is 0 Å². The maximum absolute atomic E-state index is 13.4. The van der Waals surface area contributed by atoms with Crippen LogP contribution in [-0.4, -0.2) is 11.7 Å². The number of allylic oxidation sites excluding steroid dienone is 1. The van der Waals surface area contributed by atoms with Gasteiger partial charge in [0.1, 0.15) is 6.54 Å². The molecule has 2 aliphatic heterocycles. The number of hydrogen-bond donors (Lipinski definition) is 0. The zero-order valence-electron chi connectivity index (χ0n) is 8.41. The lowest BCUT2D eigenvalue weighted by Crippen LogP contribution is -2.29. The standard InChI is InChI=1S/C11H6F3NO2/c12-6-5-15(14)11-10(9(6)13)16-7-3-1-2-4-8(7)17-11/h1-4H,5H2. The molecule has 17 heavy (non-hydrogen) atoms. The minimum absolute atomic E-state index is 0.0380. The molecule has 0 atom stereocenters. The molecule has 1 aromatic rings. The van der Waals surface area contributed by atoms with Crippen molar-refractivity contribution in [2.24, 2.45) is 0 Å². The molecule has 0 aromatic heterocycles. The van der Waals surface area contributed by atoms with Gasteiger partial charge in [0.05, 0.1) is 0 Å². The van der Waals surface area contributed by atoms with Crippen molar-refractivity contribution in [2.75, 3.05) is 6.54 Å². The van der Waals surface area contributed by atoms with Crippen LogP contribution in [0.15, 0.2) is 47.6 Å². The average Bonchev–Trinajstić information content (AvgIpc) is 2.34. The average molecular weight is 241 g/mol. The molecule has 2 aliphatic rings.